The van der Waals surface area contributed by atoms with Crippen molar-refractivity contribution in [2.24, 2.45) is 35.5 Å². The lowest BCUT2D eigenvalue weighted by Gasteiger charge is -2.57. The Morgan fingerprint density at radius 1 is 0.524 bits per heavy atom. The Kier molecular flexibility index (Phi) is 7.22. The van der Waals surface area contributed by atoms with E-state index in [1.807, 2.05) is 24.3 Å². The van der Waals surface area contributed by atoms with E-state index in [1.165, 1.54) is 88.2 Å². The zero-order chi connectivity index (χ0) is 28.9. The molecule has 6 heteroatoms. The molecule has 8 bridgehead atoms. The zero-order valence-corrected chi connectivity index (χ0v) is 24.5. The van der Waals surface area contributed by atoms with Crippen molar-refractivity contribution in [3.63, 3.8) is 0 Å². The predicted molar refractivity (Wildman–Crippen MR) is 159 cm³/mol. The highest BCUT2D eigenvalue weighted by molar-refractivity contribution is 5.68. The van der Waals surface area contributed by atoms with Crippen molar-refractivity contribution in [1.29, 1.82) is 0 Å². The first-order chi connectivity index (χ1) is 20.3. The molecule has 8 fully saturated rings. The van der Waals surface area contributed by atoms with Crippen molar-refractivity contribution < 1.29 is 29.3 Å². The number of carbonyl (C=O) groups is 2. The SMILES string of the molecule is O=C(O)COc1ccc(C23CC4CC(CC(C4)C2)C3)cc1.O=C(O)COc1ccc(C23CC4CC(CC(C4)C2)C3)cc1. The van der Waals surface area contributed by atoms with Gasteiger partial charge in [-0.25, -0.2) is 9.59 Å². The van der Waals surface area contributed by atoms with Gasteiger partial charge in [-0.1, -0.05) is 24.3 Å². The van der Waals surface area contributed by atoms with Crippen molar-refractivity contribution in [2.75, 3.05) is 13.2 Å². The van der Waals surface area contributed by atoms with E-state index in [0.717, 1.165) is 35.5 Å². The maximum atomic E-state index is 10.5. The molecule has 0 spiro atoms. The summed E-state index contributed by atoms with van der Waals surface area (Å²) in [6, 6.07) is 16.4. The molecule has 6 nitrogen and oxygen atoms in total. The molecule has 224 valence electrons. The van der Waals surface area contributed by atoms with Gasteiger partial charge in [0, 0.05) is 0 Å². The van der Waals surface area contributed by atoms with Crippen LogP contribution in [0.15, 0.2) is 48.5 Å². The molecular weight excluding hydrogens is 528 g/mol. The highest BCUT2D eigenvalue weighted by Gasteiger charge is 2.52. The smallest absolute Gasteiger partial charge is 0.341 e. The molecule has 8 saturated carbocycles. The molecule has 2 aromatic rings. The molecule has 0 radical (unpaired) electrons. The van der Waals surface area contributed by atoms with E-state index < -0.39 is 11.9 Å². The van der Waals surface area contributed by atoms with Crippen LogP contribution in [0.2, 0.25) is 0 Å². The number of carboxylic acid groups (broad SMARTS) is 2. The summed E-state index contributed by atoms with van der Waals surface area (Å²) in [7, 11) is 0. The van der Waals surface area contributed by atoms with Gasteiger partial charge < -0.3 is 19.7 Å². The Labute approximate surface area is 248 Å². The Bertz CT molecular complexity index is 1120. The molecule has 8 aliphatic carbocycles. The van der Waals surface area contributed by atoms with Crippen molar-refractivity contribution in [2.45, 2.75) is 87.9 Å². The summed E-state index contributed by atoms with van der Waals surface area (Å²) in [4.78, 5) is 21.1. The Balaban J connectivity index is 0.000000137. The highest BCUT2D eigenvalue weighted by atomic mass is 16.5. The third-order valence-corrected chi connectivity index (χ3v) is 11.7. The van der Waals surface area contributed by atoms with Crippen LogP contribution in [0, 0.1) is 35.5 Å². The first-order valence-electron chi connectivity index (χ1n) is 16.2. The van der Waals surface area contributed by atoms with Gasteiger partial charge in [0.2, 0.25) is 0 Å². The maximum Gasteiger partial charge on any atom is 0.341 e. The summed E-state index contributed by atoms with van der Waals surface area (Å²) in [6.07, 6.45) is 16.9. The number of carboxylic acids is 2. The number of hydrogen-bond donors (Lipinski definition) is 2. The normalized spacial score (nSPS) is 36.7. The average Bonchev–Trinajstić information content (AvgIpc) is 2.94. The summed E-state index contributed by atoms with van der Waals surface area (Å²) in [5.74, 6) is 5.12. The summed E-state index contributed by atoms with van der Waals surface area (Å²) in [5.41, 5.74) is 3.70. The molecule has 0 aliphatic heterocycles. The van der Waals surface area contributed by atoms with Crippen molar-refractivity contribution in [1.82, 2.24) is 0 Å². The van der Waals surface area contributed by atoms with Crippen LogP contribution in [0.3, 0.4) is 0 Å². The number of benzene rings is 2. The molecule has 0 aromatic heterocycles. The molecule has 2 N–H and O–H groups in total. The van der Waals surface area contributed by atoms with E-state index in [-0.39, 0.29) is 13.2 Å². The summed E-state index contributed by atoms with van der Waals surface area (Å²) < 4.78 is 10.5. The van der Waals surface area contributed by atoms with E-state index in [0.29, 0.717) is 22.3 Å². The second-order valence-electron chi connectivity index (χ2n) is 14.8. The fourth-order valence-corrected chi connectivity index (χ4v) is 11.0. The molecule has 0 unspecified atom stereocenters. The fraction of sp³-hybridized carbons (Fsp3) is 0.611. The molecule has 0 saturated heterocycles. The molecule has 0 heterocycles. The standard InChI is InChI=1S/2C18H22O3/c2*19-17(20)11-21-16-3-1-15(2-4-16)18-8-12-5-13(9-18)7-14(6-12)10-18/h2*1-4,12-14H,5-11H2,(H,19,20). The minimum Gasteiger partial charge on any atom is -0.482 e. The van der Waals surface area contributed by atoms with Crippen LogP contribution in [0.25, 0.3) is 0 Å². The van der Waals surface area contributed by atoms with Gasteiger partial charge in [0.05, 0.1) is 0 Å². The molecule has 8 aliphatic rings. The van der Waals surface area contributed by atoms with E-state index >= 15 is 0 Å². The quantitative estimate of drug-likeness (QED) is 0.347. The Morgan fingerprint density at radius 3 is 1.02 bits per heavy atom. The first kappa shape index (κ1) is 27.8. The third-order valence-electron chi connectivity index (χ3n) is 11.7. The van der Waals surface area contributed by atoms with E-state index in [2.05, 4.69) is 24.3 Å². The third kappa shape index (κ3) is 5.54. The Morgan fingerprint density at radius 2 is 0.786 bits per heavy atom. The van der Waals surface area contributed by atoms with Crippen LogP contribution in [-0.4, -0.2) is 35.4 Å². The van der Waals surface area contributed by atoms with Crippen LogP contribution in [0.4, 0.5) is 0 Å². The van der Waals surface area contributed by atoms with Crippen LogP contribution in [-0.2, 0) is 20.4 Å². The number of ether oxygens (including phenoxy) is 2. The first-order valence-corrected chi connectivity index (χ1v) is 16.2. The largest absolute Gasteiger partial charge is 0.482 e. The molecule has 0 atom stereocenters. The van der Waals surface area contributed by atoms with Crippen LogP contribution in [0.5, 0.6) is 11.5 Å². The predicted octanol–water partition coefficient (Wildman–Crippen LogP) is 7.24. The van der Waals surface area contributed by atoms with Crippen molar-refractivity contribution in [3.05, 3.63) is 59.7 Å². The minimum absolute atomic E-state index is 0.267. The lowest BCUT2D eigenvalue weighted by Crippen LogP contribution is -2.48. The molecule has 2 aromatic carbocycles. The van der Waals surface area contributed by atoms with Gasteiger partial charge in [0.15, 0.2) is 13.2 Å². The molecule has 42 heavy (non-hydrogen) atoms. The highest BCUT2D eigenvalue weighted by Crippen LogP contribution is 2.62. The Hall–Kier alpha value is -3.02. The second-order valence-corrected chi connectivity index (χ2v) is 14.8. The van der Waals surface area contributed by atoms with Crippen LogP contribution in [0.1, 0.15) is 88.2 Å². The van der Waals surface area contributed by atoms with Crippen LogP contribution >= 0.6 is 0 Å². The fourth-order valence-electron chi connectivity index (χ4n) is 11.0. The minimum atomic E-state index is -0.930. The molecule has 0 amide bonds. The van der Waals surface area contributed by atoms with Gasteiger partial charge in [0.25, 0.3) is 0 Å². The summed E-state index contributed by atoms with van der Waals surface area (Å²) in [6.45, 7) is -0.534. The lowest BCUT2D eigenvalue weighted by atomic mass is 9.48. The van der Waals surface area contributed by atoms with E-state index in [9.17, 15) is 9.59 Å². The average molecular weight is 573 g/mol. The van der Waals surface area contributed by atoms with Crippen molar-refractivity contribution >= 4 is 11.9 Å². The summed E-state index contributed by atoms with van der Waals surface area (Å²) >= 11 is 0. The second kappa shape index (κ2) is 10.9. The van der Waals surface area contributed by atoms with Gasteiger partial charge in [-0.2, -0.15) is 0 Å². The molecule has 10 rings (SSSR count). The van der Waals surface area contributed by atoms with Gasteiger partial charge in [-0.15, -0.1) is 0 Å². The van der Waals surface area contributed by atoms with E-state index in [4.69, 9.17) is 19.7 Å². The van der Waals surface area contributed by atoms with Crippen LogP contribution < -0.4 is 9.47 Å². The van der Waals surface area contributed by atoms with Gasteiger partial charge in [0.1, 0.15) is 11.5 Å². The maximum absolute atomic E-state index is 10.5. The number of aliphatic carboxylic acids is 2. The van der Waals surface area contributed by atoms with E-state index in [1.54, 1.807) is 0 Å². The number of rotatable bonds is 8. The number of hydrogen-bond acceptors (Lipinski definition) is 4. The van der Waals surface area contributed by atoms with Gasteiger partial charge in [-0.3, -0.25) is 0 Å². The molecular formula is C36H44O6. The van der Waals surface area contributed by atoms with Crippen molar-refractivity contribution in [3.8, 4) is 11.5 Å². The lowest BCUT2D eigenvalue weighted by molar-refractivity contribution is -0.140. The topological polar surface area (TPSA) is 93.1 Å². The monoisotopic (exact) mass is 572 g/mol. The zero-order valence-electron chi connectivity index (χ0n) is 24.5. The van der Waals surface area contributed by atoms with Gasteiger partial charge in [-0.05, 0) is 159 Å². The van der Waals surface area contributed by atoms with Gasteiger partial charge >= 0.3 is 11.9 Å². The summed E-state index contributed by atoms with van der Waals surface area (Å²) in [5, 5.41) is 17.3.